The van der Waals surface area contributed by atoms with Gasteiger partial charge in [-0.05, 0) is 24.3 Å². The highest BCUT2D eigenvalue weighted by Crippen LogP contribution is 2.14. The zero-order valence-electron chi connectivity index (χ0n) is 12.3. The van der Waals surface area contributed by atoms with Crippen LogP contribution < -0.4 is 10.6 Å². The second-order valence-electron chi connectivity index (χ2n) is 4.55. The average Bonchev–Trinajstić information content (AvgIpc) is 2.59. The molecule has 0 atom stereocenters. The maximum absolute atomic E-state index is 5.27. The fourth-order valence-corrected chi connectivity index (χ4v) is 1.89. The number of benzene rings is 1. The van der Waals surface area contributed by atoms with Crippen molar-refractivity contribution in [1.82, 2.24) is 9.97 Å². The lowest BCUT2D eigenvalue weighted by Crippen LogP contribution is -2.23. The number of hydrogen-bond donors (Lipinski definition) is 0. The summed E-state index contributed by atoms with van der Waals surface area (Å²) in [6, 6.07) is 7.75. The largest absolute Gasteiger partial charge is 0.473 e. The van der Waals surface area contributed by atoms with Gasteiger partial charge >= 0.3 is 0 Å². The van der Waals surface area contributed by atoms with E-state index in [0.717, 1.165) is 16.1 Å². The minimum Gasteiger partial charge on any atom is -0.473 e. The van der Waals surface area contributed by atoms with Gasteiger partial charge in [0.05, 0.1) is 17.9 Å². The third-order valence-corrected chi connectivity index (χ3v) is 2.97. The van der Waals surface area contributed by atoms with Crippen molar-refractivity contribution in [2.45, 2.75) is 0 Å². The summed E-state index contributed by atoms with van der Waals surface area (Å²) < 4.78 is 5.27. The van der Waals surface area contributed by atoms with E-state index < -0.39 is 0 Å². The predicted molar refractivity (Wildman–Crippen MR) is 90.3 cm³/mol. The summed E-state index contributed by atoms with van der Waals surface area (Å²) >= 11 is 0. The van der Waals surface area contributed by atoms with Crippen LogP contribution in [0.5, 0.6) is 0 Å². The van der Waals surface area contributed by atoms with Crippen molar-refractivity contribution >= 4 is 24.3 Å². The van der Waals surface area contributed by atoms with E-state index in [0.29, 0.717) is 5.82 Å². The van der Waals surface area contributed by atoms with Gasteiger partial charge in [-0.15, -0.1) is 0 Å². The third-order valence-electron chi connectivity index (χ3n) is 2.97. The van der Waals surface area contributed by atoms with Crippen LogP contribution in [-0.4, -0.2) is 16.2 Å². The van der Waals surface area contributed by atoms with Crippen molar-refractivity contribution in [3.63, 3.8) is 0 Å². The highest BCUT2D eigenvalue weighted by Gasteiger charge is 1.99. The Morgan fingerprint density at radius 2 is 1.91 bits per heavy atom. The molecule has 112 valence electrons. The topological polar surface area (TPSA) is 59.7 Å². The van der Waals surface area contributed by atoms with Crippen LogP contribution in [0.2, 0.25) is 0 Å². The number of para-hydroxylation sites is 1. The molecule has 1 aromatic heterocycles. The van der Waals surface area contributed by atoms with Gasteiger partial charge in [0.25, 0.3) is 0 Å². The smallest absolute Gasteiger partial charge is 0.163 e. The molecule has 1 aromatic carbocycles. The van der Waals surface area contributed by atoms with Gasteiger partial charge in [0.2, 0.25) is 0 Å². The van der Waals surface area contributed by atoms with E-state index in [2.05, 4.69) is 20.0 Å². The molecule has 3 rings (SSSR count). The van der Waals surface area contributed by atoms with Gasteiger partial charge in [-0.25, -0.2) is 15.0 Å². The van der Waals surface area contributed by atoms with E-state index >= 15 is 0 Å². The Kier molecular flexibility index (Phi) is 4.83. The first-order valence-electron chi connectivity index (χ1n) is 7.04. The molecule has 0 saturated carbocycles. The Bertz CT molecular complexity index is 911. The molecule has 0 fully saturated rings. The maximum atomic E-state index is 5.27. The van der Waals surface area contributed by atoms with Gasteiger partial charge in [0, 0.05) is 29.4 Å². The highest BCUT2D eigenvalue weighted by molar-refractivity contribution is 5.73. The third kappa shape index (κ3) is 4.07. The van der Waals surface area contributed by atoms with Gasteiger partial charge in [-0.3, -0.25) is 4.99 Å². The SMILES string of the molecule is C1=CC=NC=c2ccccc2=Nc2ncncc2C=COC=C1. The molecule has 0 amide bonds. The van der Waals surface area contributed by atoms with Crippen LogP contribution in [0.1, 0.15) is 5.56 Å². The van der Waals surface area contributed by atoms with Crippen LogP contribution in [0.4, 0.5) is 5.82 Å². The summed E-state index contributed by atoms with van der Waals surface area (Å²) in [5.41, 5.74) is 0.768. The molecule has 0 aliphatic carbocycles. The zero-order chi connectivity index (χ0) is 15.7. The van der Waals surface area contributed by atoms with Gasteiger partial charge < -0.3 is 4.74 Å². The monoisotopic (exact) mass is 302 g/mol. The molecular weight excluding hydrogens is 288 g/mol. The number of aliphatic imine (C=N–C) groups is 1. The number of hydrogen-bond acceptors (Lipinski definition) is 5. The summed E-state index contributed by atoms with van der Waals surface area (Å²) in [4.78, 5) is 17.1. The number of nitrogens with zero attached hydrogens (tertiary/aromatic N) is 4. The molecule has 2 heterocycles. The Hall–Kier alpha value is -3.34. The van der Waals surface area contributed by atoms with Crippen LogP contribution in [0, 0.1) is 0 Å². The Morgan fingerprint density at radius 1 is 0.957 bits per heavy atom. The van der Waals surface area contributed by atoms with Gasteiger partial charge in [0.15, 0.2) is 5.82 Å². The molecule has 0 bridgehead atoms. The molecule has 23 heavy (non-hydrogen) atoms. The van der Waals surface area contributed by atoms with Crippen molar-refractivity contribution in [2.24, 2.45) is 9.98 Å². The Balaban J connectivity index is 2.19. The van der Waals surface area contributed by atoms with Crippen molar-refractivity contribution in [1.29, 1.82) is 0 Å². The fourth-order valence-electron chi connectivity index (χ4n) is 1.89. The molecule has 0 saturated heterocycles. The highest BCUT2D eigenvalue weighted by atomic mass is 16.5. The summed E-state index contributed by atoms with van der Waals surface area (Å²) in [5.74, 6) is 0.571. The summed E-state index contributed by atoms with van der Waals surface area (Å²) in [5, 5.41) is 1.70. The number of aromatic nitrogens is 2. The molecular formula is C18H14N4O. The summed E-state index contributed by atoms with van der Waals surface area (Å²) in [6.07, 6.45) is 17.0. The van der Waals surface area contributed by atoms with Crippen LogP contribution in [0.3, 0.4) is 0 Å². The second-order valence-corrected chi connectivity index (χ2v) is 4.55. The Morgan fingerprint density at radius 3 is 2.91 bits per heavy atom. The molecule has 1 aliphatic heterocycles. The van der Waals surface area contributed by atoms with Gasteiger partial charge in [0.1, 0.15) is 6.33 Å². The van der Waals surface area contributed by atoms with Crippen molar-refractivity contribution in [3.05, 3.63) is 83.7 Å². The van der Waals surface area contributed by atoms with E-state index in [9.17, 15) is 0 Å². The van der Waals surface area contributed by atoms with E-state index in [1.165, 1.54) is 6.33 Å². The predicted octanol–water partition coefficient (Wildman–Crippen LogP) is 2.31. The van der Waals surface area contributed by atoms with Crippen LogP contribution >= 0.6 is 0 Å². The molecule has 5 heteroatoms. The van der Waals surface area contributed by atoms with Crippen molar-refractivity contribution < 1.29 is 4.74 Å². The first-order valence-corrected chi connectivity index (χ1v) is 7.04. The van der Waals surface area contributed by atoms with Crippen LogP contribution in [0.15, 0.2) is 77.5 Å². The molecule has 0 unspecified atom stereocenters. The van der Waals surface area contributed by atoms with Crippen LogP contribution in [-0.2, 0) is 4.74 Å². The molecule has 0 spiro atoms. The van der Waals surface area contributed by atoms with E-state index in [1.54, 1.807) is 43.3 Å². The first-order chi connectivity index (χ1) is 11.4. The lowest BCUT2D eigenvalue weighted by molar-refractivity contribution is 0.406. The van der Waals surface area contributed by atoms with Gasteiger partial charge in [-0.2, -0.15) is 0 Å². The molecule has 1 aliphatic rings. The fraction of sp³-hybridized carbons (Fsp3) is 0. The molecule has 0 radical (unpaired) electrons. The number of allylic oxidation sites excluding steroid dienone is 3. The van der Waals surface area contributed by atoms with Gasteiger partial charge in [-0.1, -0.05) is 24.3 Å². The summed E-state index contributed by atoms with van der Waals surface area (Å²) in [7, 11) is 0. The molecule has 2 aromatic rings. The zero-order valence-corrected chi connectivity index (χ0v) is 12.3. The van der Waals surface area contributed by atoms with Crippen LogP contribution in [0.25, 0.3) is 12.3 Å². The lowest BCUT2D eigenvalue weighted by atomic mass is 10.2. The normalized spacial score (nSPS) is 13.6. The van der Waals surface area contributed by atoms with E-state index in [4.69, 9.17) is 4.74 Å². The standard InChI is InChI=1S/C18H14N4O/c1-4-9-19-12-15-6-2-3-7-17(15)22-18-16(13-20-14-21-18)8-11-23-10-5-1/h1-14H. The quantitative estimate of drug-likeness (QED) is 0.750. The first kappa shape index (κ1) is 14.6. The van der Waals surface area contributed by atoms with E-state index in [1.807, 2.05) is 36.4 Å². The number of rotatable bonds is 0. The average molecular weight is 302 g/mol. The molecule has 5 nitrogen and oxygen atoms in total. The second kappa shape index (κ2) is 7.61. The lowest BCUT2D eigenvalue weighted by Gasteiger charge is -1.98. The van der Waals surface area contributed by atoms with Crippen molar-refractivity contribution in [2.75, 3.05) is 0 Å². The van der Waals surface area contributed by atoms with E-state index in [-0.39, 0.29) is 0 Å². The minimum absolute atomic E-state index is 0.571. The van der Waals surface area contributed by atoms with Crippen molar-refractivity contribution in [3.8, 4) is 0 Å². The Labute approximate surface area is 133 Å². The maximum Gasteiger partial charge on any atom is 0.163 e. The summed E-state index contributed by atoms with van der Waals surface area (Å²) in [6.45, 7) is 0. The number of ether oxygens (including phenoxy) is 1. The number of fused-ring (bicyclic) bond motifs is 2. The molecule has 0 N–H and O–H groups in total. The minimum atomic E-state index is 0.571.